The van der Waals surface area contributed by atoms with Gasteiger partial charge in [0.25, 0.3) is 0 Å². The van der Waals surface area contributed by atoms with E-state index in [9.17, 15) is 10.1 Å². The van der Waals surface area contributed by atoms with Crippen molar-refractivity contribution < 1.29 is 4.92 Å². The molecule has 0 saturated carbocycles. The SMILES string of the molecule is CN1CCN(c2ncnc(N(C)Cc3ccccc3)c2[N+](=O)[O-])CC1. The zero-order valence-corrected chi connectivity index (χ0v) is 14.5. The van der Waals surface area contributed by atoms with Crippen molar-refractivity contribution in [2.24, 2.45) is 0 Å². The average Bonchev–Trinajstić information content (AvgIpc) is 2.62. The number of benzene rings is 1. The number of rotatable bonds is 5. The van der Waals surface area contributed by atoms with E-state index < -0.39 is 0 Å². The van der Waals surface area contributed by atoms with Crippen molar-refractivity contribution in [1.82, 2.24) is 14.9 Å². The van der Waals surface area contributed by atoms with E-state index in [-0.39, 0.29) is 10.6 Å². The Hall–Kier alpha value is -2.74. The molecule has 0 amide bonds. The van der Waals surface area contributed by atoms with Gasteiger partial charge in [-0.3, -0.25) is 10.1 Å². The monoisotopic (exact) mass is 342 g/mol. The Morgan fingerprint density at radius 1 is 1.16 bits per heavy atom. The highest BCUT2D eigenvalue weighted by Gasteiger charge is 2.30. The fraction of sp³-hybridized carbons (Fsp3) is 0.412. The van der Waals surface area contributed by atoms with Gasteiger partial charge >= 0.3 is 5.69 Å². The number of hydrogen-bond donors (Lipinski definition) is 0. The van der Waals surface area contributed by atoms with Gasteiger partial charge in [-0.1, -0.05) is 30.3 Å². The number of nitro groups is 1. The molecule has 2 heterocycles. The summed E-state index contributed by atoms with van der Waals surface area (Å²) in [7, 11) is 3.86. The minimum atomic E-state index is -0.371. The van der Waals surface area contributed by atoms with Crippen LogP contribution >= 0.6 is 0 Å². The van der Waals surface area contributed by atoms with Crippen molar-refractivity contribution in [3.05, 3.63) is 52.3 Å². The highest BCUT2D eigenvalue weighted by molar-refractivity contribution is 5.71. The fourth-order valence-electron chi connectivity index (χ4n) is 2.99. The van der Waals surface area contributed by atoms with Crippen LogP contribution in [0.4, 0.5) is 17.3 Å². The molecule has 0 aliphatic carbocycles. The van der Waals surface area contributed by atoms with E-state index >= 15 is 0 Å². The van der Waals surface area contributed by atoms with Crippen molar-refractivity contribution in [2.45, 2.75) is 6.54 Å². The number of likely N-dealkylation sites (N-methyl/N-ethyl adjacent to an activating group) is 1. The Morgan fingerprint density at radius 3 is 2.48 bits per heavy atom. The fourth-order valence-corrected chi connectivity index (χ4v) is 2.99. The second-order valence-electron chi connectivity index (χ2n) is 6.26. The highest BCUT2D eigenvalue weighted by atomic mass is 16.6. The van der Waals surface area contributed by atoms with Gasteiger partial charge in [-0.2, -0.15) is 0 Å². The predicted molar refractivity (Wildman–Crippen MR) is 96.9 cm³/mol. The molecule has 3 rings (SSSR count). The molecule has 1 aromatic heterocycles. The molecule has 1 aliphatic heterocycles. The number of nitrogens with zero attached hydrogens (tertiary/aromatic N) is 6. The van der Waals surface area contributed by atoms with Gasteiger partial charge in [0, 0.05) is 39.8 Å². The Labute approximate surface area is 146 Å². The summed E-state index contributed by atoms with van der Waals surface area (Å²) in [5.41, 5.74) is 1.05. The molecular weight excluding hydrogens is 320 g/mol. The van der Waals surface area contributed by atoms with Gasteiger partial charge in [0.15, 0.2) is 0 Å². The molecule has 8 heteroatoms. The summed E-state index contributed by atoms with van der Waals surface area (Å²) in [4.78, 5) is 25.8. The van der Waals surface area contributed by atoms with E-state index in [2.05, 4.69) is 14.9 Å². The largest absolute Gasteiger partial charge is 0.353 e. The van der Waals surface area contributed by atoms with Crippen LogP contribution in [0.15, 0.2) is 36.7 Å². The van der Waals surface area contributed by atoms with E-state index in [0.29, 0.717) is 18.2 Å². The zero-order chi connectivity index (χ0) is 17.8. The maximum absolute atomic E-state index is 11.8. The van der Waals surface area contributed by atoms with Crippen LogP contribution in [0.2, 0.25) is 0 Å². The molecule has 132 valence electrons. The lowest BCUT2D eigenvalue weighted by molar-refractivity contribution is -0.383. The maximum Gasteiger partial charge on any atom is 0.353 e. The number of hydrogen-bond acceptors (Lipinski definition) is 7. The average molecular weight is 342 g/mol. The summed E-state index contributed by atoms with van der Waals surface area (Å²) >= 11 is 0. The zero-order valence-electron chi connectivity index (χ0n) is 14.5. The van der Waals surface area contributed by atoms with E-state index in [0.717, 1.165) is 31.7 Å². The van der Waals surface area contributed by atoms with Crippen molar-refractivity contribution in [1.29, 1.82) is 0 Å². The second-order valence-corrected chi connectivity index (χ2v) is 6.26. The summed E-state index contributed by atoms with van der Waals surface area (Å²) in [5, 5.41) is 11.8. The molecule has 1 aliphatic rings. The molecule has 0 unspecified atom stereocenters. The number of aromatic nitrogens is 2. The maximum atomic E-state index is 11.8. The minimum absolute atomic E-state index is 0.0227. The Kier molecular flexibility index (Phi) is 5.08. The Balaban J connectivity index is 1.91. The summed E-state index contributed by atoms with van der Waals surface area (Å²) in [6.07, 6.45) is 1.41. The second kappa shape index (κ2) is 7.43. The quantitative estimate of drug-likeness (QED) is 0.605. The molecule has 25 heavy (non-hydrogen) atoms. The normalized spacial score (nSPS) is 15.2. The van der Waals surface area contributed by atoms with Crippen LogP contribution in [-0.2, 0) is 6.54 Å². The van der Waals surface area contributed by atoms with Gasteiger partial charge in [-0.25, -0.2) is 9.97 Å². The molecule has 0 N–H and O–H groups in total. The molecule has 2 aromatic rings. The molecule has 0 spiro atoms. The lowest BCUT2D eigenvalue weighted by Crippen LogP contribution is -2.45. The van der Waals surface area contributed by atoms with E-state index in [4.69, 9.17) is 0 Å². The summed E-state index contributed by atoms with van der Waals surface area (Å²) in [6, 6.07) is 9.83. The molecule has 8 nitrogen and oxygen atoms in total. The van der Waals surface area contributed by atoms with Gasteiger partial charge < -0.3 is 14.7 Å². The molecule has 0 bridgehead atoms. The topological polar surface area (TPSA) is 78.6 Å². The lowest BCUT2D eigenvalue weighted by Gasteiger charge is -2.33. The van der Waals surface area contributed by atoms with E-state index in [1.54, 1.807) is 4.90 Å². The first kappa shape index (κ1) is 17.1. The van der Waals surface area contributed by atoms with Crippen LogP contribution in [0.3, 0.4) is 0 Å². The highest BCUT2D eigenvalue weighted by Crippen LogP contribution is 2.34. The van der Waals surface area contributed by atoms with Crippen LogP contribution in [0, 0.1) is 10.1 Å². The first-order valence-corrected chi connectivity index (χ1v) is 8.24. The lowest BCUT2D eigenvalue weighted by atomic mass is 10.2. The van der Waals surface area contributed by atoms with Gasteiger partial charge in [0.05, 0.1) is 4.92 Å². The van der Waals surface area contributed by atoms with Crippen molar-refractivity contribution in [3.8, 4) is 0 Å². The van der Waals surface area contributed by atoms with Crippen LogP contribution < -0.4 is 9.80 Å². The molecule has 1 aromatic carbocycles. The van der Waals surface area contributed by atoms with Crippen molar-refractivity contribution >= 4 is 17.3 Å². The first-order valence-electron chi connectivity index (χ1n) is 8.24. The molecule has 0 atom stereocenters. The van der Waals surface area contributed by atoms with Crippen LogP contribution in [0.25, 0.3) is 0 Å². The van der Waals surface area contributed by atoms with Crippen molar-refractivity contribution in [3.63, 3.8) is 0 Å². The molecular formula is C17H22N6O2. The van der Waals surface area contributed by atoms with E-state index in [1.165, 1.54) is 6.33 Å². The van der Waals surface area contributed by atoms with Gasteiger partial charge in [-0.15, -0.1) is 0 Å². The Bertz CT molecular complexity index is 731. The molecule has 0 radical (unpaired) electrons. The van der Waals surface area contributed by atoms with E-state index in [1.807, 2.05) is 49.3 Å². The molecule has 1 fully saturated rings. The Morgan fingerprint density at radius 2 is 1.84 bits per heavy atom. The first-order chi connectivity index (χ1) is 12.1. The minimum Gasteiger partial charge on any atom is -0.349 e. The third-order valence-corrected chi connectivity index (χ3v) is 4.39. The summed E-state index contributed by atoms with van der Waals surface area (Å²) in [6.45, 7) is 3.69. The third kappa shape index (κ3) is 3.85. The van der Waals surface area contributed by atoms with Crippen LogP contribution in [-0.4, -0.2) is 60.1 Å². The summed E-state index contributed by atoms with van der Waals surface area (Å²) < 4.78 is 0. The standard InChI is InChI=1S/C17H22N6O2/c1-20-8-10-22(11-9-20)17-15(23(24)25)16(18-13-19-17)21(2)12-14-6-4-3-5-7-14/h3-7,13H,8-12H2,1-2H3. The van der Waals surface area contributed by atoms with Gasteiger partial charge in [-0.05, 0) is 12.6 Å². The van der Waals surface area contributed by atoms with Gasteiger partial charge in [0.2, 0.25) is 11.6 Å². The van der Waals surface area contributed by atoms with Crippen LogP contribution in [0.5, 0.6) is 0 Å². The van der Waals surface area contributed by atoms with Gasteiger partial charge in [0.1, 0.15) is 6.33 Å². The predicted octanol–water partition coefficient (Wildman–Crippen LogP) is 1.77. The van der Waals surface area contributed by atoms with Crippen LogP contribution in [0.1, 0.15) is 5.56 Å². The third-order valence-electron chi connectivity index (χ3n) is 4.39. The summed E-state index contributed by atoms with van der Waals surface area (Å²) in [5.74, 6) is 0.751. The smallest absolute Gasteiger partial charge is 0.349 e. The molecule has 1 saturated heterocycles. The number of anilines is 2. The number of piperazine rings is 1. The van der Waals surface area contributed by atoms with Crippen molar-refractivity contribution in [2.75, 3.05) is 50.1 Å².